The molecular weight excluding hydrogens is 512 g/mol. The van der Waals surface area contributed by atoms with Crippen LogP contribution in [0.3, 0.4) is 0 Å². The highest BCUT2D eigenvalue weighted by Gasteiger charge is 2.41. The Balaban J connectivity index is 1.99. The van der Waals surface area contributed by atoms with Crippen molar-refractivity contribution >= 4 is 11.9 Å². The van der Waals surface area contributed by atoms with E-state index in [1.165, 1.54) is 38.5 Å². The van der Waals surface area contributed by atoms with E-state index in [4.69, 9.17) is 9.47 Å². The molecule has 6 heteroatoms. The molecule has 2 fully saturated rings. The monoisotopic (exact) mass is 579 g/mol. The molecule has 2 aliphatic rings. The number of likely N-dealkylation sites (tertiary alicyclic amines) is 2. The number of carbonyl (C=O) groups is 2. The van der Waals surface area contributed by atoms with Crippen molar-refractivity contribution in [1.29, 1.82) is 0 Å². The largest absolute Gasteiger partial charge is 0.462 e. The molecular formula is C35H66N2O4. The molecule has 0 amide bonds. The van der Waals surface area contributed by atoms with Gasteiger partial charge in [0.2, 0.25) is 0 Å². The van der Waals surface area contributed by atoms with E-state index in [0.29, 0.717) is 47.8 Å². The minimum atomic E-state index is -0.428. The second-order valence-corrected chi connectivity index (χ2v) is 14.5. The van der Waals surface area contributed by atoms with Crippen LogP contribution in [-0.4, -0.2) is 71.2 Å². The summed E-state index contributed by atoms with van der Waals surface area (Å²) in [6, 6.07) is 1.56. The van der Waals surface area contributed by atoms with Crippen LogP contribution in [0.1, 0.15) is 140 Å². The average Bonchev–Trinajstić information content (AvgIpc) is 2.89. The van der Waals surface area contributed by atoms with Crippen molar-refractivity contribution in [3.05, 3.63) is 0 Å². The number of piperidine rings is 2. The van der Waals surface area contributed by atoms with Gasteiger partial charge in [0.1, 0.15) is 18.6 Å². The van der Waals surface area contributed by atoms with Gasteiger partial charge in [-0.2, -0.15) is 0 Å². The minimum absolute atomic E-state index is 0.139. The highest BCUT2D eigenvalue weighted by atomic mass is 16.6. The van der Waals surface area contributed by atoms with Crippen molar-refractivity contribution in [2.45, 2.75) is 176 Å². The summed E-state index contributed by atoms with van der Waals surface area (Å²) in [6.07, 6.45) is 10.2. The maximum Gasteiger partial charge on any atom is 0.317 e. The smallest absolute Gasteiger partial charge is 0.317 e. The third kappa shape index (κ3) is 11.1. The topological polar surface area (TPSA) is 59.1 Å². The van der Waals surface area contributed by atoms with Gasteiger partial charge in [-0.25, -0.2) is 0 Å². The van der Waals surface area contributed by atoms with Crippen LogP contribution >= 0.6 is 0 Å². The molecule has 41 heavy (non-hydrogen) atoms. The number of hydrogen-bond acceptors (Lipinski definition) is 6. The highest BCUT2D eigenvalue weighted by Crippen LogP contribution is 2.35. The Bertz CT molecular complexity index is 669. The van der Waals surface area contributed by atoms with Crippen molar-refractivity contribution in [3.63, 3.8) is 0 Å². The summed E-state index contributed by atoms with van der Waals surface area (Å²) < 4.78 is 12.0. The average molecular weight is 579 g/mol. The van der Waals surface area contributed by atoms with Crippen molar-refractivity contribution in [1.82, 2.24) is 9.80 Å². The number of carbonyl (C=O) groups excluding carboxylic acids is 2. The number of nitrogens with zero attached hydrogens (tertiary/aromatic N) is 2. The predicted octanol–water partition coefficient (Wildman–Crippen LogP) is 7.87. The highest BCUT2D eigenvalue weighted by molar-refractivity contribution is 5.91. The lowest BCUT2D eigenvalue weighted by molar-refractivity contribution is -0.166. The number of hydrogen-bond donors (Lipinski definition) is 0. The number of esters is 2. The van der Waals surface area contributed by atoms with E-state index in [2.05, 4.69) is 79.0 Å². The molecule has 0 aromatic carbocycles. The Morgan fingerprint density at radius 2 is 0.854 bits per heavy atom. The predicted molar refractivity (Wildman–Crippen MR) is 170 cm³/mol. The Morgan fingerprint density at radius 1 is 0.561 bits per heavy atom. The lowest BCUT2D eigenvalue weighted by Crippen LogP contribution is -2.56. The zero-order valence-corrected chi connectivity index (χ0v) is 28.5. The van der Waals surface area contributed by atoms with Gasteiger partial charge in [0.05, 0.1) is 0 Å². The molecule has 2 rings (SSSR count). The summed E-state index contributed by atoms with van der Waals surface area (Å²) in [4.78, 5) is 31.4. The maximum atomic E-state index is 13.0. The van der Waals surface area contributed by atoms with Gasteiger partial charge in [0.25, 0.3) is 0 Å². The van der Waals surface area contributed by atoms with Crippen LogP contribution in [-0.2, 0) is 19.1 Å². The molecule has 2 heterocycles. The van der Waals surface area contributed by atoms with Crippen LogP contribution in [0.5, 0.6) is 0 Å². The summed E-state index contributed by atoms with van der Waals surface area (Å²) >= 11 is 0. The molecule has 0 spiro atoms. The molecule has 6 nitrogen and oxygen atoms in total. The van der Waals surface area contributed by atoms with Crippen molar-refractivity contribution in [3.8, 4) is 0 Å². The molecule has 4 atom stereocenters. The molecule has 0 aromatic heterocycles. The first-order valence-electron chi connectivity index (χ1n) is 17.3. The van der Waals surface area contributed by atoms with E-state index in [-0.39, 0.29) is 18.6 Å². The molecule has 0 N–H and O–H groups in total. The third-order valence-corrected chi connectivity index (χ3v) is 9.72. The van der Waals surface area contributed by atoms with E-state index < -0.39 is 11.9 Å². The first-order valence-corrected chi connectivity index (χ1v) is 17.3. The van der Waals surface area contributed by atoms with E-state index in [9.17, 15) is 9.59 Å². The van der Waals surface area contributed by atoms with E-state index in [1.54, 1.807) is 0 Å². The van der Waals surface area contributed by atoms with Gasteiger partial charge in [-0.1, -0.05) is 94.9 Å². The van der Waals surface area contributed by atoms with Crippen LogP contribution in [0.4, 0.5) is 0 Å². The lowest BCUT2D eigenvalue weighted by atomic mass is 9.82. The van der Waals surface area contributed by atoms with Gasteiger partial charge >= 0.3 is 11.9 Å². The van der Waals surface area contributed by atoms with Crippen molar-refractivity contribution < 1.29 is 19.1 Å². The first-order chi connectivity index (χ1) is 19.4. The molecule has 4 unspecified atom stereocenters. The van der Waals surface area contributed by atoms with Gasteiger partial charge in [-0.3, -0.25) is 19.4 Å². The Hall–Kier alpha value is -1.14. The normalized spacial score (nSPS) is 28.1. The quantitative estimate of drug-likeness (QED) is 0.106. The number of unbranched alkanes of at least 4 members (excludes halogenated alkanes) is 4. The summed E-state index contributed by atoms with van der Waals surface area (Å²) in [5.41, 5.74) is 0. The molecule has 240 valence electrons. The van der Waals surface area contributed by atoms with Crippen LogP contribution in [0, 0.1) is 23.7 Å². The summed E-state index contributed by atoms with van der Waals surface area (Å²) in [5.74, 6) is 1.09. The van der Waals surface area contributed by atoms with Crippen LogP contribution in [0.15, 0.2) is 0 Å². The standard InChI is InChI=1S/C35H66N2O4/c1-11-13-15-17-36-30(24(3)4)19-28(20-31(36)25(5)6)40-34(38)23-35(39)41-29-21-32(26(7)8)37(18-16-14-12-2)33(22-29)27(9)10/h24-33H,11-23H2,1-10H3. The molecule has 2 saturated heterocycles. The number of ether oxygens (including phenoxy) is 2. The van der Waals surface area contributed by atoms with Crippen LogP contribution in [0.2, 0.25) is 0 Å². The summed E-state index contributed by atoms with van der Waals surface area (Å²) in [7, 11) is 0. The summed E-state index contributed by atoms with van der Waals surface area (Å²) in [6.45, 7) is 24.9. The molecule has 2 aliphatic heterocycles. The molecule has 0 aromatic rings. The second kappa shape index (κ2) is 17.9. The Morgan fingerprint density at radius 3 is 1.10 bits per heavy atom. The zero-order valence-electron chi connectivity index (χ0n) is 28.5. The van der Waals surface area contributed by atoms with Gasteiger partial charge < -0.3 is 9.47 Å². The number of rotatable bonds is 16. The fourth-order valence-corrected chi connectivity index (χ4v) is 7.44. The molecule has 0 bridgehead atoms. The van der Waals surface area contributed by atoms with Gasteiger partial charge in [0, 0.05) is 49.9 Å². The molecule has 0 aliphatic carbocycles. The van der Waals surface area contributed by atoms with E-state index in [1.807, 2.05) is 0 Å². The second-order valence-electron chi connectivity index (χ2n) is 14.5. The van der Waals surface area contributed by atoms with E-state index in [0.717, 1.165) is 38.8 Å². The SMILES string of the molecule is CCCCCN1C(C(C)C)CC(OC(=O)CC(=O)OC2CC(C(C)C)N(CCCCC)C(C(C)C)C2)CC1C(C)C. The van der Waals surface area contributed by atoms with Crippen molar-refractivity contribution in [2.75, 3.05) is 13.1 Å². The molecule has 0 radical (unpaired) electrons. The Labute approximate surface area is 253 Å². The zero-order chi connectivity index (χ0) is 30.7. The maximum absolute atomic E-state index is 13.0. The van der Waals surface area contributed by atoms with Gasteiger partial charge in [0.15, 0.2) is 0 Å². The fourth-order valence-electron chi connectivity index (χ4n) is 7.44. The third-order valence-electron chi connectivity index (χ3n) is 9.72. The summed E-state index contributed by atoms with van der Waals surface area (Å²) in [5, 5.41) is 0. The first kappa shape index (κ1) is 36.1. The Kier molecular flexibility index (Phi) is 15.7. The van der Waals surface area contributed by atoms with E-state index >= 15 is 0 Å². The van der Waals surface area contributed by atoms with Crippen LogP contribution in [0.25, 0.3) is 0 Å². The van der Waals surface area contributed by atoms with Crippen LogP contribution < -0.4 is 0 Å². The molecule has 0 saturated carbocycles. The van der Waals surface area contributed by atoms with Gasteiger partial charge in [-0.15, -0.1) is 0 Å². The lowest BCUT2D eigenvalue weighted by Gasteiger charge is -2.48. The minimum Gasteiger partial charge on any atom is -0.462 e. The fraction of sp³-hybridized carbons (Fsp3) is 0.943. The van der Waals surface area contributed by atoms with Crippen molar-refractivity contribution in [2.24, 2.45) is 23.7 Å². The van der Waals surface area contributed by atoms with Gasteiger partial charge in [-0.05, 0) is 49.6 Å².